The van der Waals surface area contributed by atoms with E-state index in [0.717, 1.165) is 11.5 Å². The molecule has 0 aliphatic carbocycles. The second-order valence-corrected chi connectivity index (χ2v) is 24.2. The third-order valence-electron chi connectivity index (χ3n) is 3.13. The molecule has 2 nitrogen and oxygen atoms in total. The van der Waals surface area contributed by atoms with Crippen molar-refractivity contribution in [1.29, 1.82) is 0 Å². The average Bonchev–Trinajstić information content (AvgIpc) is 2.56. The van der Waals surface area contributed by atoms with Crippen LogP contribution in [0.2, 0.25) is 0 Å². The Balaban J connectivity index is 1.81. The molecular formula is C14H14O2P2S4. The van der Waals surface area contributed by atoms with Gasteiger partial charge in [0.15, 0.2) is 0 Å². The van der Waals surface area contributed by atoms with Crippen LogP contribution < -0.4 is 20.1 Å². The summed E-state index contributed by atoms with van der Waals surface area (Å²) in [5.74, 6) is 1.76. The normalized spacial score (nSPS) is 27.0. The predicted molar refractivity (Wildman–Crippen MR) is 109 cm³/mol. The third kappa shape index (κ3) is 3.15. The van der Waals surface area contributed by atoms with Gasteiger partial charge in [0.25, 0.3) is 0 Å². The van der Waals surface area contributed by atoms with Gasteiger partial charge in [0, 0.05) is 0 Å². The Bertz CT molecular complexity index is 643. The molecule has 2 aromatic rings. The molecule has 1 aliphatic heterocycles. The van der Waals surface area contributed by atoms with E-state index in [1.807, 2.05) is 24.3 Å². The molecule has 0 aromatic heterocycles. The number of hydrogen-bond acceptors (Lipinski definition) is 4. The largest absolute Gasteiger partial charge is 0.497 e. The first-order chi connectivity index (χ1) is 10.7. The summed E-state index contributed by atoms with van der Waals surface area (Å²) >= 11 is 11.7. The Labute approximate surface area is 146 Å². The van der Waals surface area contributed by atoms with Crippen molar-refractivity contribution in [1.82, 2.24) is 0 Å². The van der Waals surface area contributed by atoms with E-state index < -0.39 is 0 Å². The van der Waals surface area contributed by atoms with Gasteiger partial charge in [0.05, 0.1) is 26.9 Å². The second kappa shape index (κ2) is 7.29. The lowest BCUT2D eigenvalue weighted by atomic mass is 10.3. The summed E-state index contributed by atoms with van der Waals surface area (Å²) in [7, 11) is 3.31. The Hall–Kier alpha value is 0.0400. The molecule has 1 fully saturated rings. The molecule has 2 aromatic carbocycles. The Morgan fingerprint density at radius 2 is 1.00 bits per heavy atom. The van der Waals surface area contributed by atoms with Crippen LogP contribution in [0.4, 0.5) is 0 Å². The van der Waals surface area contributed by atoms with E-state index in [4.69, 9.17) is 31.8 Å². The highest BCUT2D eigenvalue weighted by Gasteiger charge is 2.42. The Morgan fingerprint density at radius 1 is 0.682 bits per heavy atom. The van der Waals surface area contributed by atoms with E-state index in [1.54, 1.807) is 14.2 Å². The van der Waals surface area contributed by atoms with E-state index in [9.17, 15) is 0 Å². The summed E-state index contributed by atoms with van der Waals surface area (Å²) < 4.78 is 10.4. The van der Waals surface area contributed by atoms with Gasteiger partial charge < -0.3 is 9.47 Å². The van der Waals surface area contributed by atoms with Crippen LogP contribution >= 0.6 is 12.7 Å². The average molecular weight is 404 g/mol. The standard InChI is InChI=1S/C14H14O2P2S4/c1-15-11-3-7-13(8-4-11)17-21(19)18(22(17)20)14-9-5-12(16-2)6-10-14/h3-10H,1-2H3. The number of methoxy groups -OCH3 is 2. The summed E-state index contributed by atoms with van der Waals surface area (Å²) in [4.78, 5) is 0. The monoisotopic (exact) mass is 404 g/mol. The zero-order chi connectivity index (χ0) is 15.7. The van der Waals surface area contributed by atoms with Gasteiger partial charge in [0.2, 0.25) is 0 Å². The lowest BCUT2D eigenvalue weighted by Crippen LogP contribution is -2.20. The summed E-state index contributed by atoms with van der Waals surface area (Å²) in [6, 6.07) is 16.5. The van der Waals surface area contributed by atoms with Crippen LogP contribution in [-0.2, 0) is 39.8 Å². The molecule has 0 bridgehead atoms. The molecule has 8 heteroatoms. The minimum atomic E-state index is -0.380. The Kier molecular flexibility index (Phi) is 5.60. The molecule has 1 heterocycles. The lowest BCUT2D eigenvalue weighted by molar-refractivity contribution is 0.415. The first kappa shape index (κ1) is 16.9. The van der Waals surface area contributed by atoms with Gasteiger partial charge >= 0.3 is 0 Å². The Morgan fingerprint density at radius 3 is 1.27 bits per heavy atom. The molecule has 0 spiro atoms. The van der Waals surface area contributed by atoms with E-state index >= 15 is 0 Å². The number of ether oxygens (including phenoxy) is 2. The van der Waals surface area contributed by atoms with Crippen molar-refractivity contribution in [3.63, 3.8) is 0 Å². The molecular weight excluding hydrogens is 390 g/mol. The smallest absolute Gasteiger partial charge is 0.118 e. The summed E-state index contributed by atoms with van der Waals surface area (Å²) in [6.45, 7) is 0. The minimum Gasteiger partial charge on any atom is -0.497 e. The molecule has 0 unspecified atom stereocenters. The van der Waals surface area contributed by atoms with Gasteiger partial charge in [-0.05, 0) is 98.9 Å². The topological polar surface area (TPSA) is 18.5 Å². The zero-order valence-electron chi connectivity index (χ0n) is 12.0. The van der Waals surface area contributed by atoms with E-state index in [1.165, 1.54) is 10.6 Å². The molecule has 1 aliphatic rings. The van der Waals surface area contributed by atoms with Gasteiger partial charge in [-0.25, -0.2) is 0 Å². The predicted octanol–water partition coefficient (Wildman–Crippen LogP) is 3.45. The SMILES string of the molecule is COc1ccc(P2S(=S)P(c3ccc(OC)cc3)S2=S)cc1. The maximum Gasteiger partial charge on any atom is 0.118 e. The van der Waals surface area contributed by atoms with Crippen molar-refractivity contribution < 1.29 is 9.47 Å². The van der Waals surface area contributed by atoms with E-state index in [0.29, 0.717) is 0 Å². The highest BCUT2D eigenvalue weighted by Crippen LogP contribution is 2.78. The molecule has 0 saturated carbocycles. The third-order valence-corrected chi connectivity index (χ3v) is 35.6. The molecule has 116 valence electrons. The van der Waals surface area contributed by atoms with Crippen LogP contribution in [0.15, 0.2) is 48.5 Å². The highest BCUT2D eigenvalue weighted by molar-refractivity contribution is 9.38. The van der Waals surface area contributed by atoms with E-state index in [-0.39, 0.29) is 30.0 Å². The van der Waals surface area contributed by atoms with Gasteiger partial charge in [-0.2, -0.15) is 0 Å². The summed E-state index contributed by atoms with van der Waals surface area (Å²) in [5, 5.41) is 2.64. The van der Waals surface area contributed by atoms with Gasteiger partial charge in [-0.1, -0.05) is 0 Å². The molecule has 0 radical (unpaired) electrons. The maximum absolute atomic E-state index is 5.84. The second-order valence-electron chi connectivity index (χ2n) is 4.37. The molecule has 3 rings (SSSR count). The molecule has 1 saturated heterocycles. The molecule has 0 atom stereocenters. The van der Waals surface area contributed by atoms with Crippen LogP contribution in [0.1, 0.15) is 0 Å². The van der Waals surface area contributed by atoms with Crippen molar-refractivity contribution in [3.8, 4) is 11.5 Å². The van der Waals surface area contributed by atoms with Gasteiger partial charge in [-0.3, -0.25) is 0 Å². The number of benzene rings is 2. The van der Waals surface area contributed by atoms with Gasteiger partial charge in [-0.15, -0.1) is 0 Å². The van der Waals surface area contributed by atoms with Crippen molar-refractivity contribution in [2.45, 2.75) is 0 Å². The van der Waals surface area contributed by atoms with Crippen LogP contribution in [0.25, 0.3) is 0 Å². The van der Waals surface area contributed by atoms with Crippen molar-refractivity contribution >= 4 is 63.0 Å². The summed E-state index contributed by atoms with van der Waals surface area (Å²) in [6.07, 6.45) is -0.760. The van der Waals surface area contributed by atoms with E-state index in [2.05, 4.69) is 24.3 Å². The number of hydrogen-bond donors (Lipinski definition) is 0. The first-order valence-corrected chi connectivity index (χ1v) is 15.8. The molecule has 22 heavy (non-hydrogen) atoms. The van der Waals surface area contributed by atoms with Crippen LogP contribution in [-0.4, -0.2) is 14.2 Å². The molecule has 0 amide bonds. The quantitative estimate of drug-likeness (QED) is 0.727. The fourth-order valence-electron chi connectivity index (χ4n) is 1.99. The fraction of sp³-hybridized carbons (Fsp3) is 0.143. The lowest BCUT2D eigenvalue weighted by Gasteiger charge is -2.39. The van der Waals surface area contributed by atoms with Gasteiger partial charge in [0.1, 0.15) is 11.5 Å². The highest BCUT2D eigenvalue weighted by atomic mass is 33.8. The molecule has 0 N–H and O–H groups in total. The van der Waals surface area contributed by atoms with Crippen molar-refractivity contribution in [2.24, 2.45) is 0 Å². The first-order valence-electron chi connectivity index (χ1n) is 6.38. The fourth-order valence-corrected chi connectivity index (χ4v) is 41.9. The maximum atomic E-state index is 5.84. The van der Waals surface area contributed by atoms with Crippen molar-refractivity contribution in [3.05, 3.63) is 48.5 Å². The van der Waals surface area contributed by atoms with Crippen LogP contribution in [0.5, 0.6) is 11.5 Å². The van der Waals surface area contributed by atoms with Crippen molar-refractivity contribution in [2.75, 3.05) is 14.2 Å². The number of rotatable bonds is 4. The summed E-state index contributed by atoms with van der Waals surface area (Å²) in [5.41, 5.74) is 0. The zero-order valence-corrected chi connectivity index (χ0v) is 17.0. The van der Waals surface area contributed by atoms with Crippen LogP contribution in [0.3, 0.4) is 0 Å². The minimum absolute atomic E-state index is 0.0272. The van der Waals surface area contributed by atoms with Crippen LogP contribution in [0, 0.1) is 0 Å².